The quantitative estimate of drug-likeness (QED) is 0.293. The average Bonchev–Trinajstić information content (AvgIpc) is 3.25. The van der Waals surface area contributed by atoms with Gasteiger partial charge in [-0.3, -0.25) is 4.79 Å². The maximum Gasteiger partial charge on any atom is 0.337 e. The number of esters is 1. The zero-order valence-corrected chi connectivity index (χ0v) is 18.9. The number of benzene rings is 3. The van der Waals surface area contributed by atoms with Crippen molar-refractivity contribution in [1.82, 2.24) is 9.97 Å². The Morgan fingerprint density at radius 1 is 0.971 bits per heavy atom. The van der Waals surface area contributed by atoms with Gasteiger partial charge < -0.3 is 19.8 Å². The van der Waals surface area contributed by atoms with Gasteiger partial charge in [0.2, 0.25) is 5.71 Å². The number of halogens is 2. The Bertz CT molecular complexity index is 1600. The molecule has 2 heterocycles. The molecule has 0 unspecified atom stereocenters. The van der Waals surface area contributed by atoms with Gasteiger partial charge in [0.05, 0.1) is 23.1 Å². The van der Waals surface area contributed by atoms with E-state index < -0.39 is 17.7 Å². The SMILES string of the molecule is COC(=O)c1ccc2oc3ncnc(Nc4ccc(NC(=O)c5ccc(F)c(Cl)c5)cc4)c3c2c1. The van der Waals surface area contributed by atoms with Gasteiger partial charge in [0.25, 0.3) is 5.91 Å². The van der Waals surface area contributed by atoms with Crippen LogP contribution in [0.3, 0.4) is 0 Å². The Hall–Kier alpha value is -4.50. The van der Waals surface area contributed by atoms with Gasteiger partial charge in [-0.1, -0.05) is 11.6 Å². The third kappa shape index (κ3) is 4.36. The molecule has 0 bridgehead atoms. The molecule has 0 radical (unpaired) electrons. The molecule has 0 aliphatic heterocycles. The van der Waals surface area contributed by atoms with Crippen molar-refractivity contribution in [3.05, 3.63) is 89.0 Å². The molecule has 0 saturated carbocycles. The predicted octanol–water partition coefficient (Wildman–Crippen LogP) is 5.95. The van der Waals surface area contributed by atoms with Crippen LogP contribution in [0.25, 0.3) is 22.1 Å². The molecule has 10 heteroatoms. The summed E-state index contributed by atoms with van der Waals surface area (Å²) in [5, 5.41) is 7.09. The van der Waals surface area contributed by atoms with E-state index in [-0.39, 0.29) is 10.6 Å². The minimum atomic E-state index is -0.593. The molecule has 0 spiro atoms. The lowest BCUT2D eigenvalue weighted by Crippen LogP contribution is -2.12. The van der Waals surface area contributed by atoms with Crippen LogP contribution in [0, 0.1) is 5.82 Å². The Morgan fingerprint density at radius 2 is 1.71 bits per heavy atom. The Balaban J connectivity index is 1.40. The van der Waals surface area contributed by atoms with Crippen LogP contribution in [-0.2, 0) is 4.74 Å². The number of carbonyl (C=O) groups excluding carboxylic acids is 2. The van der Waals surface area contributed by atoms with E-state index in [1.54, 1.807) is 42.5 Å². The van der Waals surface area contributed by atoms with Crippen LogP contribution in [0.2, 0.25) is 5.02 Å². The summed E-state index contributed by atoms with van der Waals surface area (Å²) in [4.78, 5) is 32.9. The molecule has 2 aromatic heterocycles. The largest absolute Gasteiger partial charge is 0.465 e. The van der Waals surface area contributed by atoms with Crippen LogP contribution < -0.4 is 10.6 Å². The lowest BCUT2D eigenvalue weighted by atomic mass is 10.1. The Kier molecular flexibility index (Phi) is 5.76. The summed E-state index contributed by atoms with van der Waals surface area (Å²) < 4.78 is 23.9. The van der Waals surface area contributed by atoms with E-state index in [1.165, 1.54) is 25.6 Å². The number of anilines is 3. The first-order valence-corrected chi connectivity index (χ1v) is 10.7. The summed E-state index contributed by atoms with van der Waals surface area (Å²) in [6, 6.07) is 15.6. The highest BCUT2D eigenvalue weighted by atomic mass is 35.5. The molecule has 8 nitrogen and oxygen atoms in total. The Morgan fingerprint density at radius 3 is 2.46 bits per heavy atom. The molecule has 0 fully saturated rings. The van der Waals surface area contributed by atoms with Crippen molar-refractivity contribution in [2.75, 3.05) is 17.7 Å². The third-order valence-corrected chi connectivity index (χ3v) is 5.57. The zero-order chi connectivity index (χ0) is 24.5. The molecule has 0 saturated heterocycles. The lowest BCUT2D eigenvalue weighted by Gasteiger charge is -2.09. The molecule has 0 aliphatic rings. The second kappa shape index (κ2) is 9.03. The highest BCUT2D eigenvalue weighted by Gasteiger charge is 2.16. The third-order valence-electron chi connectivity index (χ3n) is 5.28. The normalized spacial score (nSPS) is 10.9. The number of carbonyl (C=O) groups is 2. The van der Waals surface area contributed by atoms with E-state index >= 15 is 0 Å². The van der Waals surface area contributed by atoms with Crippen LogP contribution in [0.4, 0.5) is 21.6 Å². The maximum atomic E-state index is 13.3. The molecule has 2 N–H and O–H groups in total. The monoisotopic (exact) mass is 490 g/mol. The summed E-state index contributed by atoms with van der Waals surface area (Å²) in [5.41, 5.74) is 2.74. The maximum absolute atomic E-state index is 13.3. The van der Waals surface area contributed by atoms with Crippen LogP contribution in [0.5, 0.6) is 0 Å². The number of ether oxygens (including phenoxy) is 1. The number of nitrogens with one attached hydrogen (secondary N) is 2. The molecule has 0 atom stereocenters. The molecule has 5 rings (SSSR count). The average molecular weight is 491 g/mol. The van der Waals surface area contributed by atoms with Crippen LogP contribution in [-0.4, -0.2) is 29.0 Å². The fourth-order valence-electron chi connectivity index (χ4n) is 3.56. The van der Waals surface area contributed by atoms with E-state index in [1.807, 2.05) is 0 Å². The molecule has 35 heavy (non-hydrogen) atoms. The number of rotatable bonds is 5. The molecule has 0 aliphatic carbocycles. The number of methoxy groups -OCH3 is 1. The van der Waals surface area contributed by atoms with E-state index in [0.717, 1.165) is 6.07 Å². The zero-order valence-electron chi connectivity index (χ0n) is 18.1. The Labute approximate surface area is 202 Å². The van der Waals surface area contributed by atoms with Crippen molar-refractivity contribution in [2.45, 2.75) is 0 Å². The minimum Gasteiger partial charge on any atom is -0.465 e. The van der Waals surface area contributed by atoms with E-state index in [4.69, 9.17) is 20.8 Å². The molecule has 1 amide bonds. The summed E-state index contributed by atoms with van der Waals surface area (Å²) in [6.07, 6.45) is 1.37. The first-order chi connectivity index (χ1) is 16.9. The smallest absolute Gasteiger partial charge is 0.337 e. The van der Waals surface area contributed by atoms with Crippen LogP contribution >= 0.6 is 11.6 Å². The van der Waals surface area contributed by atoms with Crippen molar-refractivity contribution in [2.24, 2.45) is 0 Å². The van der Waals surface area contributed by atoms with E-state index in [9.17, 15) is 14.0 Å². The number of fused-ring (bicyclic) bond motifs is 3. The molecule has 3 aromatic carbocycles. The number of nitrogens with zero attached hydrogens (tertiary/aromatic N) is 2. The van der Waals surface area contributed by atoms with Crippen LogP contribution in [0.15, 0.2) is 71.4 Å². The molecular formula is C25H16ClFN4O4. The summed E-state index contributed by atoms with van der Waals surface area (Å²) >= 11 is 5.76. The van der Waals surface area contributed by atoms with E-state index in [2.05, 4.69) is 20.6 Å². The van der Waals surface area contributed by atoms with Gasteiger partial charge in [0.15, 0.2) is 0 Å². The van der Waals surface area contributed by atoms with Crippen molar-refractivity contribution in [1.29, 1.82) is 0 Å². The summed E-state index contributed by atoms with van der Waals surface area (Å²) in [7, 11) is 1.32. The number of aromatic nitrogens is 2. The van der Waals surface area contributed by atoms with Gasteiger partial charge in [-0.2, -0.15) is 0 Å². The highest BCUT2D eigenvalue weighted by Crippen LogP contribution is 2.34. The molecular weight excluding hydrogens is 475 g/mol. The topological polar surface area (TPSA) is 106 Å². The summed E-state index contributed by atoms with van der Waals surface area (Å²) in [6.45, 7) is 0. The van der Waals surface area contributed by atoms with Gasteiger partial charge in [0.1, 0.15) is 23.5 Å². The van der Waals surface area contributed by atoms with Crippen LogP contribution in [0.1, 0.15) is 20.7 Å². The van der Waals surface area contributed by atoms with Gasteiger partial charge >= 0.3 is 5.97 Å². The van der Waals surface area contributed by atoms with Gasteiger partial charge in [-0.15, -0.1) is 0 Å². The van der Waals surface area contributed by atoms with Crippen molar-refractivity contribution < 1.29 is 23.1 Å². The van der Waals surface area contributed by atoms with Crippen molar-refractivity contribution >= 4 is 62.7 Å². The highest BCUT2D eigenvalue weighted by molar-refractivity contribution is 6.31. The minimum absolute atomic E-state index is 0.126. The number of furan rings is 1. The number of hydrogen-bond donors (Lipinski definition) is 2. The summed E-state index contributed by atoms with van der Waals surface area (Å²) in [5.74, 6) is -0.998. The van der Waals surface area contributed by atoms with Gasteiger partial charge in [0, 0.05) is 22.3 Å². The number of amides is 1. The van der Waals surface area contributed by atoms with Gasteiger partial charge in [-0.05, 0) is 60.7 Å². The predicted molar refractivity (Wildman–Crippen MR) is 130 cm³/mol. The fourth-order valence-corrected chi connectivity index (χ4v) is 3.74. The van der Waals surface area contributed by atoms with Crippen molar-refractivity contribution in [3.63, 3.8) is 0 Å². The van der Waals surface area contributed by atoms with Gasteiger partial charge in [-0.25, -0.2) is 19.2 Å². The first-order valence-electron chi connectivity index (χ1n) is 10.3. The standard InChI is InChI=1S/C25H16ClFN4O4/c1-34-25(33)14-3-9-20-17(10-14)21-22(28-12-29-24(21)35-20)30-15-4-6-16(7-5-15)31-23(32)13-2-8-19(27)18(26)11-13/h2-12H,1H3,(H,31,32)(H,28,29,30). The number of hydrogen-bond acceptors (Lipinski definition) is 7. The second-order valence-electron chi connectivity index (χ2n) is 7.49. The van der Waals surface area contributed by atoms with Crippen molar-refractivity contribution in [3.8, 4) is 0 Å². The lowest BCUT2D eigenvalue weighted by molar-refractivity contribution is 0.0600. The second-order valence-corrected chi connectivity index (χ2v) is 7.90. The fraction of sp³-hybridized carbons (Fsp3) is 0.0400. The molecule has 5 aromatic rings. The molecule has 174 valence electrons. The first kappa shape index (κ1) is 22.3. The van der Waals surface area contributed by atoms with E-state index in [0.29, 0.717) is 44.8 Å².